The van der Waals surface area contributed by atoms with Crippen molar-refractivity contribution in [2.24, 2.45) is 5.73 Å². The summed E-state index contributed by atoms with van der Waals surface area (Å²) in [6.45, 7) is 2.76. The fourth-order valence-electron chi connectivity index (χ4n) is 3.11. The Labute approximate surface area is 149 Å². The van der Waals surface area contributed by atoms with Crippen molar-refractivity contribution in [3.05, 3.63) is 56.0 Å². The molecule has 2 aromatic heterocycles. The van der Waals surface area contributed by atoms with Gasteiger partial charge in [-0.2, -0.15) is 0 Å². The van der Waals surface area contributed by atoms with Gasteiger partial charge in [-0.1, -0.05) is 36.0 Å². The van der Waals surface area contributed by atoms with Crippen LogP contribution < -0.4 is 11.1 Å². The monoisotopic (exact) mass is 361 g/mol. The molecule has 3 nitrogen and oxygen atoms in total. The fraction of sp³-hybridized carbons (Fsp3) is 0.235. The van der Waals surface area contributed by atoms with Crippen LogP contribution in [0.25, 0.3) is 11.6 Å². The smallest absolute Gasteiger partial charge is 0.120 e. The number of rotatable bonds is 2. The van der Waals surface area contributed by atoms with Gasteiger partial charge in [0.1, 0.15) is 4.99 Å². The molecule has 0 spiro atoms. The summed E-state index contributed by atoms with van der Waals surface area (Å²) in [5.41, 5.74) is 10.3. The summed E-state index contributed by atoms with van der Waals surface area (Å²) in [6, 6.07) is 4.15. The number of hydrogen-bond donors (Lipinski definition) is 2. The number of nitrogens with one attached hydrogen (secondary N) is 1. The Hall–Kier alpha value is -1.40. The Bertz CT molecular complexity index is 834. The van der Waals surface area contributed by atoms with Gasteiger partial charge < -0.3 is 15.6 Å². The van der Waals surface area contributed by atoms with E-state index in [9.17, 15) is 0 Å². The largest absolute Gasteiger partial charge is 0.388 e. The Morgan fingerprint density at radius 3 is 3.00 bits per heavy atom. The molecular formula is C17H16ClN3S2. The molecule has 3 N–H and O–H groups in total. The summed E-state index contributed by atoms with van der Waals surface area (Å²) in [5.74, 6) is 0. The van der Waals surface area contributed by atoms with Gasteiger partial charge in [-0.25, -0.2) is 0 Å². The average Bonchev–Trinajstić information content (AvgIpc) is 3.01. The van der Waals surface area contributed by atoms with Gasteiger partial charge in [-0.05, 0) is 35.8 Å². The van der Waals surface area contributed by atoms with Crippen LogP contribution in [0.2, 0.25) is 5.02 Å². The average molecular weight is 362 g/mol. The van der Waals surface area contributed by atoms with Gasteiger partial charge in [0.25, 0.3) is 0 Å². The highest BCUT2D eigenvalue weighted by molar-refractivity contribution is 7.80. The lowest BCUT2D eigenvalue weighted by atomic mass is 10.1. The molecule has 2 aliphatic heterocycles. The molecular weight excluding hydrogens is 346 g/mol. The van der Waals surface area contributed by atoms with Gasteiger partial charge in [0.15, 0.2) is 0 Å². The van der Waals surface area contributed by atoms with Crippen molar-refractivity contribution in [1.29, 1.82) is 0 Å². The Morgan fingerprint density at radius 1 is 1.35 bits per heavy atom. The van der Waals surface area contributed by atoms with Crippen LogP contribution in [0.5, 0.6) is 0 Å². The molecule has 0 atom stereocenters. The zero-order valence-electron chi connectivity index (χ0n) is 12.4. The molecule has 2 aromatic rings. The van der Waals surface area contributed by atoms with Crippen molar-refractivity contribution in [1.82, 2.24) is 9.88 Å². The lowest BCUT2D eigenvalue weighted by Gasteiger charge is -2.10. The van der Waals surface area contributed by atoms with Crippen molar-refractivity contribution >= 4 is 51.8 Å². The molecule has 23 heavy (non-hydrogen) atoms. The van der Waals surface area contributed by atoms with Gasteiger partial charge in [-0.3, -0.25) is 0 Å². The van der Waals surface area contributed by atoms with Crippen molar-refractivity contribution in [2.75, 3.05) is 6.54 Å². The van der Waals surface area contributed by atoms with E-state index < -0.39 is 0 Å². The van der Waals surface area contributed by atoms with Crippen LogP contribution in [0.4, 0.5) is 0 Å². The number of hydrogen-bond acceptors (Lipinski definition) is 3. The fourth-order valence-corrected chi connectivity index (χ4v) is 4.74. The molecule has 0 radical (unpaired) electrons. The van der Waals surface area contributed by atoms with E-state index in [-0.39, 0.29) is 0 Å². The van der Waals surface area contributed by atoms with Gasteiger partial charge in [0.05, 0.1) is 16.4 Å². The van der Waals surface area contributed by atoms with Crippen molar-refractivity contribution in [3.63, 3.8) is 0 Å². The molecule has 0 aliphatic carbocycles. The molecule has 4 heterocycles. The summed E-state index contributed by atoms with van der Waals surface area (Å²) in [5, 5.41) is 4.11. The molecule has 0 saturated carbocycles. The van der Waals surface area contributed by atoms with Crippen LogP contribution in [0.1, 0.15) is 26.7 Å². The zero-order valence-corrected chi connectivity index (χ0v) is 14.8. The SMILES string of the molecule is NC(=S)c1cc(Cl)c2n1CC=C(c1cc3c(s1)CCNC3)C=C2. The number of nitrogens with zero attached hydrogens (tertiary/aromatic N) is 1. The summed E-state index contributed by atoms with van der Waals surface area (Å²) in [4.78, 5) is 3.19. The van der Waals surface area contributed by atoms with Crippen LogP contribution >= 0.6 is 35.2 Å². The normalized spacial score (nSPS) is 16.5. The zero-order chi connectivity index (χ0) is 16.0. The maximum Gasteiger partial charge on any atom is 0.120 e. The summed E-state index contributed by atoms with van der Waals surface area (Å²) in [6.07, 6.45) is 7.53. The molecule has 6 heteroatoms. The minimum Gasteiger partial charge on any atom is -0.388 e. The maximum absolute atomic E-state index is 6.34. The van der Waals surface area contributed by atoms with Gasteiger partial charge in [0, 0.05) is 29.4 Å². The molecule has 0 amide bonds. The standard InChI is InChI=1S/C17H16ClN3S2/c18-12-8-14(17(19)22)21-6-4-10(1-2-13(12)21)16-7-11-9-20-5-3-15(11)23-16/h1-2,4,7-8,20H,3,5-6,9H2,(H2,19,22). The van der Waals surface area contributed by atoms with E-state index in [1.54, 1.807) is 0 Å². The lowest BCUT2D eigenvalue weighted by molar-refractivity contribution is 0.653. The van der Waals surface area contributed by atoms with Crippen molar-refractivity contribution < 1.29 is 0 Å². The molecule has 0 unspecified atom stereocenters. The molecule has 0 fully saturated rings. The number of fused-ring (bicyclic) bond motifs is 2. The number of halogens is 1. The third-order valence-electron chi connectivity index (χ3n) is 4.28. The van der Waals surface area contributed by atoms with E-state index in [1.165, 1.54) is 20.9 Å². The van der Waals surface area contributed by atoms with E-state index in [4.69, 9.17) is 29.6 Å². The number of thiocarbonyl (C=S) groups is 1. The van der Waals surface area contributed by atoms with Gasteiger partial charge in [-0.15, -0.1) is 11.3 Å². The third kappa shape index (κ3) is 2.68. The van der Waals surface area contributed by atoms with E-state index in [0.29, 0.717) is 10.0 Å². The first kappa shape index (κ1) is 15.1. The second-order valence-corrected chi connectivity index (χ2v) is 7.70. The maximum atomic E-state index is 6.34. The summed E-state index contributed by atoms with van der Waals surface area (Å²) < 4.78 is 2.07. The number of thiophene rings is 1. The van der Waals surface area contributed by atoms with Crippen molar-refractivity contribution in [2.45, 2.75) is 19.5 Å². The third-order valence-corrected chi connectivity index (χ3v) is 6.08. The lowest BCUT2D eigenvalue weighted by Crippen LogP contribution is -2.21. The number of aromatic nitrogens is 1. The van der Waals surface area contributed by atoms with Gasteiger partial charge >= 0.3 is 0 Å². The van der Waals surface area contributed by atoms with Crippen LogP contribution in [0, 0.1) is 0 Å². The second kappa shape index (κ2) is 5.91. The number of allylic oxidation sites excluding steroid dienone is 3. The molecule has 0 bridgehead atoms. The van der Waals surface area contributed by atoms with E-state index in [2.05, 4.69) is 34.2 Å². The predicted molar refractivity (Wildman–Crippen MR) is 102 cm³/mol. The van der Waals surface area contributed by atoms with Gasteiger partial charge in [0.2, 0.25) is 0 Å². The van der Waals surface area contributed by atoms with Crippen LogP contribution in [0.15, 0.2) is 24.3 Å². The first-order chi connectivity index (χ1) is 11.1. The first-order valence-corrected chi connectivity index (χ1v) is 9.13. The van der Waals surface area contributed by atoms with E-state index >= 15 is 0 Å². The quantitative estimate of drug-likeness (QED) is 0.803. The number of nitrogens with two attached hydrogens (primary N) is 1. The molecule has 4 rings (SSSR count). The molecule has 0 aromatic carbocycles. The van der Waals surface area contributed by atoms with E-state index in [0.717, 1.165) is 37.4 Å². The van der Waals surface area contributed by atoms with E-state index in [1.807, 2.05) is 17.4 Å². The van der Waals surface area contributed by atoms with Crippen molar-refractivity contribution in [3.8, 4) is 0 Å². The van der Waals surface area contributed by atoms with Crippen LogP contribution in [0.3, 0.4) is 0 Å². The first-order valence-electron chi connectivity index (χ1n) is 7.53. The minimum atomic E-state index is 0.376. The highest BCUT2D eigenvalue weighted by Crippen LogP contribution is 2.34. The van der Waals surface area contributed by atoms with Crippen LogP contribution in [-0.2, 0) is 19.5 Å². The highest BCUT2D eigenvalue weighted by Gasteiger charge is 2.18. The minimum absolute atomic E-state index is 0.376. The second-order valence-electron chi connectivity index (χ2n) is 5.72. The Kier molecular flexibility index (Phi) is 3.89. The Morgan fingerprint density at radius 2 is 2.22 bits per heavy atom. The predicted octanol–water partition coefficient (Wildman–Crippen LogP) is 3.59. The Balaban J connectivity index is 1.72. The van der Waals surface area contributed by atoms with Crippen LogP contribution in [-0.4, -0.2) is 16.1 Å². The summed E-state index contributed by atoms with van der Waals surface area (Å²) in [7, 11) is 0. The summed E-state index contributed by atoms with van der Waals surface area (Å²) >= 11 is 13.4. The highest BCUT2D eigenvalue weighted by atomic mass is 35.5. The molecule has 2 aliphatic rings. The topological polar surface area (TPSA) is 43.0 Å². The molecule has 118 valence electrons. The molecule has 0 saturated heterocycles.